The van der Waals surface area contributed by atoms with Crippen molar-refractivity contribution in [3.63, 3.8) is 0 Å². The maximum absolute atomic E-state index is 5.74. The van der Waals surface area contributed by atoms with Crippen LogP contribution in [0.1, 0.15) is 33.6 Å². The lowest BCUT2D eigenvalue weighted by Crippen LogP contribution is -2.38. The fraction of sp³-hybridized carbons (Fsp3) is 0.833. The molecule has 0 aliphatic heterocycles. The number of hydrogen-bond acceptors (Lipinski definition) is 3. The first-order valence-electron chi connectivity index (χ1n) is 6.23. The van der Waals surface area contributed by atoms with E-state index in [2.05, 4.69) is 13.5 Å². The lowest BCUT2D eigenvalue weighted by molar-refractivity contribution is 0.182. The fourth-order valence-electron chi connectivity index (χ4n) is 1.51. The van der Waals surface area contributed by atoms with Crippen LogP contribution in [0.4, 0.5) is 0 Å². The molecule has 0 aromatic heterocycles. The molecule has 0 bridgehead atoms. The third-order valence-electron chi connectivity index (χ3n) is 2.22. The van der Waals surface area contributed by atoms with Crippen LogP contribution in [0.2, 0.25) is 12.6 Å². The molecule has 0 aromatic carbocycles. The van der Waals surface area contributed by atoms with Crippen molar-refractivity contribution in [1.29, 1.82) is 0 Å². The largest absolute Gasteiger partial charge is 0.502 e. The van der Waals surface area contributed by atoms with Gasteiger partial charge in [-0.3, -0.25) is 0 Å². The number of rotatable bonds is 10. The monoisotopic (exact) mass is 246 g/mol. The topological polar surface area (TPSA) is 27.7 Å². The molecule has 0 aliphatic carbocycles. The minimum absolute atomic E-state index is 0.735. The van der Waals surface area contributed by atoms with Gasteiger partial charge in [-0.2, -0.15) is 0 Å². The maximum Gasteiger partial charge on any atom is 0.335 e. The van der Waals surface area contributed by atoms with Gasteiger partial charge in [0, 0.05) is 13.2 Å². The van der Waals surface area contributed by atoms with Gasteiger partial charge in [0.25, 0.3) is 0 Å². The number of ether oxygens (including phenoxy) is 1. The standard InChI is InChI=1S/C12H26O3Si/c1-5-8-10-13-11-9-12-16(4,14-6-2)15-7-3/h8,10H,5-7,9,11-12H2,1-4H3. The summed E-state index contributed by atoms with van der Waals surface area (Å²) in [6, 6.07) is 0.995. The summed E-state index contributed by atoms with van der Waals surface area (Å²) in [5.74, 6) is 0. The van der Waals surface area contributed by atoms with Gasteiger partial charge in [0.1, 0.15) is 0 Å². The first-order valence-corrected chi connectivity index (χ1v) is 8.75. The van der Waals surface area contributed by atoms with Gasteiger partial charge >= 0.3 is 8.56 Å². The molecule has 0 spiro atoms. The summed E-state index contributed by atoms with van der Waals surface area (Å²) in [4.78, 5) is 0. The summed E-state index contributed by atoms with van der Waals surface area (Å²) < 4.78 is 16.8. The predicted octanol–water partition coefficient (Wildman–Crippen LogP) is 3.46. The van der Waals surface area contributed by atoms with Crippen LogP contribution in [0.5, 0.6) is 0 Å². The van der Waals surface area contributed by atoms with Gasteiger partial charge in [0.2, 0.25) is 0 Å². The van der Waals surface area contributed by atoms with Crippen LogP contribution in [-0.2, 0) is 13.6 Å². The zero-order chi connectivity index (χ0) is 12.3. The Balaban J connectivity index is 3.71. The molecule has 0 N–H and O–H groups in total. The Bertz CT molecular complexity index is 177. The first-order chi connectivity index (χ1) is 7.68. The average molecular weight is 246 g/mol. The Labute approximate surface area is 101 Å². The third kappa shape index (κ3) is 7.90. The maximum atomic E-state index is 5.74. The van der Waals surface area contributed by atoms with Crippen molar-refractivity contribution in [2.24, 2.45) is 0 Å². The molecule has 96 valence electrons. The Morgan fingerprint density at radius 3 is 2.19 bits per heavy atom. The van der Waals surface area contributed by atoms with E-state index in [1.54, 1.807) is 6.26 Å². The van der Waals surface area contributed by atoms with Crippen molar-refractivity contribution in [2.75, 3.05) is 19.8 Å². The second-order valence-corrected chi connectivity index (χ2v) is 7.10. The van der Waals surface area contributed by atoms with E-state index in [0.717, 1.165) is 38.7 Å². The molecule has 0 atom stereocenters. The molecule has 0 aromatic rings. The molecule has 0 heterocycles. The molecular weight excluding hydrogens is 220 g/mol. The molecule has 0 fully saturated rings. The van der Waals surface area contributed by atoms with Gasteiger partial charge in [0.15, 0.2) is 0 Å². The molecule has 3 nitrogen and oxygen atoms in total. The van der Waals surface area contributed by atoms with Crippen LogP contribution in [0, 0.1) is 0 Å². The minimum Gasteiger partial charge on any atom is -0.502 e. The molecule has 4 heteroatoms. The van der Waals surface area contributed by atoms with Gasteiger partial charge in [-0.25, -0.2) is 0 Å². The summed E-state index contributed by atoms with van der Waals surface area (Å²) in [7, 11) is -1.92. The first kappa shape index (κ1) is 15.7. The number of allylic oxidation sites excluding steroid dienone is 1. The predicted molar refractivity (Wildman–Crippen MR) is 69.7 cm³/mol. The highest BCUT2D eigenvalue weighted by Crippen LogP contribution is 2.15. The molecule has 0 aliphatic rings. The van der Waals surface area contributed by atoms with Crippen LogP contribution < -0.4 is 0 Å². The van der Waals surface area contributed by atoms with E-state index in [0.29, 0.717) is 0 Å². The highest BCUT2D eigenvalue weighted by Gasteiger charge is 2.29. The van der Waals surface area contributed by atoms with E-state index in [-0.39, 0.29) is 0 Å². The number of hydrogen-bond donors (Lipinski definition) is 0. The smallest absolute Gasteiger partial charge is 0.335 e. The highest BCUT2D eigenvalue weighted by atomic mass is 28.4. The second kappa shape index (κ2) is 9.87. The molecule has 0 amide bonds. The van der Waals surface area contributed by atoms with E-state index in [4.69, 9.17) is 13.6 Å². The van der Waals surface area contributed by atoms with Crippen LogP contribution >= 0.6 is 0 Å². The SMILES string of the molecule is CCC=COCCC[Si](C)(OCC)OCC. The van der Waals surface area contributed by atoms with Gasteiger partial charge in [0.05, 0.1) is 12.9 Å². The molecule has 0 radical (unpaired) electrons. The van der Waals surface area contributed by atoms with Crippen molar-refractivity contribution in [2.45, 2.75) is 46.2 Å². The van der Waals surface area contributed by atoms with Crippen molar-refractivity contribution in [3.05, 3.63) is 12.3 Å². The van der Waals surface area contributed by atoms with E-state index in [9.17, 15) is 0 Å². The van der Waals surface area contributed by atoms with Crippen molar-refractivity contribution < 1.29 is 13.6 Å². The second-order valence-electron chi connectivity index (χ2n) is 3.75. The van der Waals surface area contributed by atoms with Crippen molar-refractivity contribution >= 4 is 8.56 Å². The van der Waals surface area contributed by atoms with Crippen molar-refractivity contribution in [1.82, 2.24) is 0 Å². The van der Waals surface area contributed by atoms with Gasteiger partial charge in [-0.1, -0.05) is 13.0 Å². The Morgan fingerprint density at radius 2 is 1.69 bits per heavy atom. The summed E-state index contributed by atoms with van der Waals surface area (Å²) in [5.41, 5.74) is 0. The van der Waals surface area contributed by atoms with Crippen LogP contribution in [-0.4, -0.2) is 28.4 Å². The summed E-state index contributed by atoms with van der Waals surface area (Å²) >= 11 is 0. The Kier molecular flexibility index (Phi) is 9.67. The van der Waals surface area contributed by atoms with Gasteiger partial charge < -0.3 is 13.6 Å². The quantitative estimate of drug-likeness (QED) is 0.336. The van der Waals surface area contributed by atoms with Crippen LogP contribution in [0.3, 0.4) is 0 Å². The average Bonchev–Trinajstić information content (AvgIpc) is 2.24. The normalized spacial score (nSPS) is 12.2. The highest BCUT2D eigenvalue weighted by molar-refractivity contribution is 6.66. The van der Waals surface area contributed by atoms with E-state index in [1.165, 1.54) is 0 Å². The lowest BCUT2D eigenvalue weighted by Gasteiger charge is -2.25. The zero-order valence-electron chi connectivity index (χ0n) is 11.1. The van der Waals surface area contributed by atoms with Gasteiger partial charge in [-0.15, -0.1) is 0 Å². The van der Waals surface area contributed by atoms with E-state index in [1.807, 2.05) is 19.9 Å². The Hall–Kier alpha value is -0.323. The van der Waals surface area contributed by atoms with E-state index >= 15 is 0 Å². The van der Waals surface area contributed by atoms with Crippen molar-refractivity contribution in [3.8, 4) is 0 Å². The lowest BCUT2D eigenvalue weighted by atomic mass is 10.5. The molecule has 0 saturated heterocycles. The molecule has 16 heavy (non-hydrogen) atoms. The van der Waals surface area contributed by atoms with E-state index < -0.39 is 8.56 Å². The molecule has 0 rings (SSSR count). The summed E-state index contributed by atoms with van der Waals surface area (Å²) in [5, 5.41) is 0. The van der Waals surface area contributed by atoms with Gasteiger partial charge in [-0.05, 0) is 39.3 Å². The molecule has 0 unspecified atom stereocenters. The summed E-state index contributed by atoms with van der Waals surface area (Å²) in [6.07, 6.45) is 5.81. The molecule has 0 saturated carbocycles. The fourth-order valence-corrected chi connectivity index (χ4v) is 3.89. The van der Waals surface area contributed by atoms with Crippen LogP contribution in [0.25, 0.3) is 0 Å². The van der Waals surface area contributed by atoms with Crippen LogP contribution in [0.15, 0.2) is 12.3 Å². The zero-order valence-corrected chi connectivity index (χ0v) is 12.1. The Morgan fingerprint density at radius 1 is 1.06 bits per heavy atom. The minimum atomic E-state index is -1.92. The summed E-state index contributed by atoms with van der Waals surface area (Å²) in [6.45, 7) is 10.5. The molecular formula is C12H26O3Si. The third-order valence-corrected chi connectivity index (χ3v) is 5.28.